The molecule has 0 saturated carbocycles. The van der Waals surface area contributed by atoms with Crippen LogP contribution in [0, 0.1) is 11.6 Å². The van der Waals surface area contributed by atoms with Crippen molar-refractivity contribution < 1.29 is 23.1 Å². The van der Waals surface area contributed by atoms with E-state index in [0.717, 1.165) is 6.07 Å². The monoisotopic (exact) mass is 389 g/mol. The Labute approximate surface area is 163 Å². The first-order valence-electron chi connectivity index (χ1n) is 9.20. The lowest BCUT2D eigenvalue weighted by Crippen LogP contribution is -2.32. The standard InChI is InChI=1S/C22H25F2NO3/c1-5-18(25-13(2)11-14(3)26)17-9-10-19(28-4)20(21(17)24)22(27)15-7-6-8-16(23)12-15/h6-10,12-13,18,25H,5,11H2,1-4H3/t13-,18+/m0/s1. The lowest BCUT2D eigenvalue weighted by molar-refractivity contribution is -0.117. The lowest BCUT2D eigenvalue weighted by atomic mass is 9.94. The zero-order valence-corrected chi connectivity index (χ0v) is 16.5. The van der Waals surface area contributed by atoms with Crippen molar-refractivity contribution in [3.8, 4) is 5.75 Å². The second kappa shape index (κ2) is 9.55. The van der Waals surface area contributed by atoms with Gasteiger partial charge in [0.25, 0.3) is 0 Å². The minimum Gasteiger partial charge on any atom is -0.496 e. The molecule has 2 atom stereocenters. The number of ether oxygens (including phenoxy) is 1. The van der Waals surface area contributed by atoms with E-state index in [1.54, 1.807) is 6.07 Å². The number of carbonyl (C=O) groups excluding carboxylic acids is 2. The van der Waals surface area contributed by atoms with Crippen LogP contribution in [0.15, 0.2) is 36.4 Å². The molecule has 0 aliphatic rings. The van der Waals surface area contributed by atoms with Crippen molar-refractivity contribution in [3.05, 3.63) is 64.7 Å². The molecule has 28 heavy (non-hydrogen) atoms. The summed E-state index contributed by atoms with van der Waals surface area (Å²) in [7, 11) is 1.35. The minimum absolute atomic E-state index is 0.0343. The van der Waals surface area contributed by atoms with E-state index in [0.29, 0.717) is 18.4 Å². The van der Waals surface area contributed by atoms with Crippen LogP contribution in [0.5, 0.6) is 5.75 Å². The number of benzene rings is 2. The summed E-state index contributed by atoms with van der Waals surface area (Å²) in [5, 5.41) is 3.23. The van der Waals surface area contributed by atoms with Gasteiger partial charge in [-0.25, -0.2) is 8.78 Å². The molecule has 0 fully saturated rings. The molecule has 6 heteroatoms. The van der Waals surface area contributed by atoms with Crippen LogP contribution in [-0.4, -0.2) is 24.7 Å². The van der Waals surface area contributed by atoms with Gasteiger partial charge in [-0.2, -0.15) is 0 Å². The number of rotatable bonds is 9. The molecule has 0 aliphatic heterocycles. The van der Waals surface area contributed by atoms with Crippen LogP contribution in [0.4, 0.5) is 8.78 Å². The van der Waals surface area contributed by atoms with Gasteiger partial charge in [0.15, 0.2) is 5.78 Å². The molecule has 0 heterocycles. The van der Waals surface area contributed by atoms with Crippen LogP contribution in [-0.2, 0) is 4.79 Å². The van der Waals surface area contributed by atoms with Crippen LogP contribution < -0.4 is 10.1 Å². The first kappa shape index (κ1) is 21.7. The summed E-state index contributed by atoms with van der Waals surface area (Å²) >= 11 is 0. The second-order valence-corrected chi connectivity index (χ2v) is 6.82. The van der Waals surface area contributed by atoms with Gasteiger partial charge in [0.05, 0.1) is 7.11 Å². The molecular formula is C22H25F2NO3. The second-order valence-electron chi connectivity index (χ2n) is 6.82. The van der Waals surface area contributed by atoms with Crippen LogP contribution in [0.3, 0.4) is 0 Å². The van der Waals surface area contributed by atoms with Gasteiger partial charge < -0.3 is 10.1 Å². The molecule has 0 amide bonds. The molecule has 0 aliphatic carbocycles. The normalized spacial score (nSPS) is 13.1. The quantitative estimate of drug-likeness (QED) is 0.636. The Morgan fingerprint density at radius 3 is 2.46 bits per heavy atom. The number of methoxy groups -OCH3 is 1. The summed E-state index contributed by atoms with van der Waals surface area (Å²) < 4.78 is 34.1. The summed E-state index contributed by atoms with van der Waals surface area (Å²) in [4.78, 5) is 24.2. The maximum Gasteiger partial charge on any atom is 0.199 e. The highest BCUT2D eigenvalue weighted by molar-refractivity contribution is 6.11. The molecule has 1 N–H and O–H groups in total. The molecular weight excluding hydrogens is 364 g/mol. The summed E-state index contributed by atoms with van der Waals surface area (Å²) in [5.41, 5.74) is 0.115. The molecule has 0 bridgehead atoms. The van der Waals surface area contributed by atoms with Gasteiger partial charge in [-0.15, -0.1) is 0 Å². The van der Waals surface area contributed by atoms with Gasteiger partial charge in [0.1, 0.15) is 28.7 Å². The molecule has 0 aromatic heterocycles. The number of Topliss-reactive ketones (excluding diaryl/α,β-unsaturated/α-hetero) is 1. The minimum atomic E-state index is -0.706. The van der Waals surface area contributed by atoms with E-state index in [1.807, 2.05) is 13.8 Å². The van der Waals surface area contributed by atoms with Crippen molar-refractivity contribution >= 4 is 11.6 Å². The third-order valence-electron chi connectivity index (χ3n) is 4.53. The SMILES string of the molecule is CC[C@@H](N[C@@H](C)CC(C)=O)c1ccc(OC)c(C(=O)c2cccc(F)c2)c1F. The van der Waals surface area contributed by atoms with Crippen LogP contribution in [0.25, 0.3) is 0 Å². The zero-order chi connectivity index (χ0) is 20.8. The zero-order valence-electron chi connectivity index (χ0n) is 16.5. The van der Waals surface area contributed by atoms with E-state index < -0.39 is 17.4 Å². The molecule has 2 aromatic carbocycles. The smallest absolute Gasteiger partial charge is 0.199 e. The highest BCUT2D eigenvalue weighted by Crippen LogP contribution is 2.31. The van der Waals surface area contributed by atoms with Crippen molar-refractivity contribution in [2.24, 2.45) is 0 Å². The van der Waals surface area contributed by atoms with E-state index in [1.165, 1.54) is 38.3 Å². The van der Waals surface area contributed by atoms with Crippen LogP contribution in [0.2, 0.25) is 0 Å². The average Bonchev–Trinajstić information content (AvgIpc) is 2.65. The Morgan fingerprint density at radius 2 is 1.89 bits per heavy atom. The summed E-state index contributed by atoms with van der Waals surface area (Å²) in [6.07, 6.45) is 0.877. The molecule has 150 valence electrons. The van der Waals surface area contributed by atoms with Crippen molar-refractivity contribution in [2.75, 3.05) is 7.11 Å². The Morgan fingerprint density at radius 1 is 1.18 bits per heavy atom. The molecule has 4 nitrogen and oxygen atoms in total. The third-order valence-corrected chi connectivity index (χ3v) is 4.53. The number of ketones is 2. The molecule has 0 spiro atoms. The number of carbonyl (C=O) groups is 2. The summed E-state index contributed by atoms with van der Waals surface area (Å²) in [6.45, 7) is 5.24. The maximum atomic E-state index is 15.4. The van der Waals surface area contributed by atoms with Gasteiger partial charge in [-0.05, 0) is 38.5 Å². The fourth-order valence-corrected chi connectivity index (χ4v) is 3.26. The molecule has 0 saturated heterocycles. The van der Waals surface area contributed by atoms with Gasteiger partial charge >= 0.3 is 0 Å². The first-order chi connectivity index (χ1) is 13.3. The number of nitrogens with one attached hydrogen (secondary N) is 1. The van der Waals surface area contributed by atoms with E-state index in [9.17, 15) is 14.0 Å². The van der Waals surface area contributed by atoms with Crippen LogP contribution >= 0.6 is 0 Å². The number of halogens is 2. The van der Waals surface area contributed by atoms with Crippen molar-refractivity contribution in [1.82, 2.24) is 5.32 Å². The summed E-state index contributed by atoms with van der Waals surface area (Å²) in [5.74, 6) is -1.81. The average molecular weight is 389 g/mol. The molecule has 0 radical (unpaired) electrons. The summed E-state index contributed by atoms with van der Waals surface area (Å²) in [6, 6.07) is 7.68. The van der Waals surface area contributed by atoms with Gasteiger partial charge in [-0.1, -0.05) is 25.1 Å². The highest BCUT2D eigenvalue weighted by Gasteiger charge is 2.26. The maximum absolute atomic E-state index is 15.4. The number of hydrogen-bond donors (Lipinski definition) is 1. The van der Waals surface area contributed by atoms with E-state index in [-0.39, 0.29) is 34.7 Å². The lowest BCUT2D eigenvalue weighted by Gasteiger charge is -2.24. The van der Waals surface area contributed by atoms with Crippen LogP contribution in [0.1, 0.15) is 61.1 Å². The Kier molecular flexibility index (Phi) is 7.40. The predicted octanol–water partition coefficient (Wildman–Crippen LogP) is 4.61. The first-order valence-corrected chi connectivity index (χ1v) is 9.20. The highest BCUT2D eigenvalue weighted by atomic mass is 19.1. The van der Waals surface area contributed by atoms with Gasteiger partial charge in [-0.3, -0.25) is 9.59 Å². The van der Waals surface area contributed by atoms with Gasteiger partial charge in [0.2, 0.25) is 0 Å². The predicted molar refractivity (Wildman–Crippen MR) is 104 cm³/mol. The number of hydrogen-bond acceptors (Lipinski definition) is 4. The Bertz CT molecular complexity index is 867. The van der Waals surface area contributed by atoms with Crippen molar-refractivity contribution in [3.63, 3.8) is 0 Å². The fraction of sp³-hybridized carbons (Fsp3) is 0.364. The van der Waals surface area contributed by atoms with Crippen molar-refractivity contribution in [1.29, 1.82) is 0 Å². The molecule has 0 unspecified atom stereocenters. The topological polar surface area (TPSA) is 55.4 Å². The van der Waals surface area contributed by atoms with E-state index in [2.05, 4.69) is 5.32 Å². The fourth-order valence-electron chi connectivity index (χ4n) is 3.26. The molecule has 2 rings (SSSR count). The third kappa shape index (κ3) is 5.01. The largest absolute Gasteiger partial charge is 0.496 e. The Hall–Kier alpha value is -2.60. The Balaban J connectivity index is 2.46. The van der Waals surface area contributed by atoms with E-state index in [4.69, 9.17) is 4.74 Å². The van der Waals surface area contributed by atoms with Gasteiger partial charge in [0, 0.05) is 29.6 Å². The van der Waals surface area contributed by atoms with E-state index >= 15 is 4.39 Å². The molecule has 2 aromatic rings. The van der Waals surface area contributed by atoms with Crippen molar-refractivity contribution in [2.45, 2.75) is 45.7 Å².